The zero-order valence-electron chi connectivity index (χ0n) is 13.8. The Labute approximate surface area is 137 Å². The summed E-state index contributed by atoms with van der Waals surface area (Å²) in [6.45, 7) is 4.46. The van der Waals surface area contributed by atoms with Gasteiger partial charge >= 0.3 is 11.8 Å². The first-order valence-electron chi connectivity index (χ1n) is 8.71. The Morgan fingerprint density at radius 2 is 1.74 bits per heavy atom. The summed E-state index contributed by atoms with van der Waals surface area (Å²) < 4.78 is 5.25. The predicted molar refractivity (Wildman–Crippen MR) is 85.9 cm³/mol. The van der Waals surface area contributed by atoms with E-state index in [0.717, 1.165) is 38.8 Å². The minimum Gasteiger partial charge on any atom is -0.391 e. The lowest BCUT2D eigenvalue weighted by Crippen LogP contribution is -2.47. The third-order valence-corrected chi connectivity index (χ3v) is 4.69. The van der Waals surface area contributed by atoms with Crippen LogP contribution in [0.1, 0.15) is 32.1 Å². The van der Waals surface area contributed by atoms with Gasteiger partial charge in [-0.25, -0.2) is 0 Å². The fourth-order valence-corrected chi connectivity index (χ4v) is 3.20. The number of aliphatic hydroxyl groups is 1. The van der Waals surface area contributed by atoms with Crippen molar-refractivity contribution >= 4 is 11.8 Å². The Balaban J connectivity index is 1.57. The average molecular weight is 327 g/mol. The number of carbonyl (C=O) groups excluding carboxylic acids is 2. The third kappa shape index (κ3) is 6.45. The second kappa shape index (κ2) is 9.85. The maximum Gasteiger partial charge on any atom is 0.309 e. The molecule has 0 aromatic carbocycles. The van der Waals surface area contributed by atoms with Gasteiger partial charge in [-0.1, -0.05) is 19.3 Å². The van der Waals surface area contributed by atoms with E-state index in [1.54, 1.807) is 0 Å². The van der Waals surface area contributed by atoms with Crippen molar-refractivity contribution in [3.05, 3.63) is 0 Å². The molecule has 0 bridgehead atoms. The zero-order chi connectivity index (χ0) is 16.5. The van der Waals surface area contributed by atoms with Gasteiger partial charge in [-0.3, -0.25) is 14.5 Å². The molecule has 7 nitrogen and oxygen atoms in total. The van der Waals surface area contributed by atoms with Crippen molar-refractivity contribution in [1.82, 2.24) is 15.5 Å². The van der Waals surface area contributed by atoms with Crippen LogP contribution in [0.2, 0.25) is 0 Å². The van der Waals surface area contributed by atoms with Crippen LogP contribution in [0.5, 0.6) is 0 Å². The van der Waals surface area contributed by atoms with Crippen LogP contribution in [-0.2, 0) is 14.3 Å². The zero-order valence-corrected chi connectivity index (χ0v) is 13.8. The molecular weight excluding hydrogens is 298 g/mol. The molecule has 23 heavy (non-hydrogen) atoms. The number of carbonyl (C=O) groups is 2. The fourth-order valence-electron chi connectivity index (χ4n) is 3.20. The summed E-state index contributed by atoms with van der Waals surface area (Å²) in [6, 6.07) is 0. The van der Waals surface area contributed by atoms with Crippen LogP contribution in [0.25, 0.3) is 0 Å². The first-order chi connectivity index (χ1) is 11.2. The number of ether oxygens (including phenoxy) is 1. The molecule has 1 aliphatic heterocycles. The Kier molecular flexibility index (Phi) is 7.78. The number of amides is 2. The van der Waals surface area contributed by atoms with Crippen LogP contribution in [0.15, 0.2) is 0 Å². The molecule has 7 heteroatoms. The average Bonchev–Trinajstić information content (AvgIpc) is 2.61. The van der Waals surface area contributed by atoms with E-state index < -0.39 is 17.9 Å². The molecule has 0 spiro atoms. The number of morpholine rings is 1. The smallest absolute Gasteiger partial charge is 0.309 e. The van der Waals surface area contributed by atoms with E-state index in [0.29, 0.717) is 26.3 Å². The monoisotopic (exact) mass is 327 g/mol. The van der Waals surface area contributed by atoms with E-state index in [1.165, 1.54) is 6.42 Å². The van der Waals surface area contributed by atoms with Crippen LogP contribution in [-0.4, -0.2) is 73.9 Å². The number of rotatable bonds is 6. The van der Waals surface area contributed by atoms with Crippen LogP contribution in [0, 0.1) is 5.92 Å². The Hall–Kier alpha value is -1.18. The SMILES string of the molecule is O=C(NCCN1CCOCC1)C(=O)NCC(O)C1CCCCC1. The highest BCUT2D eigenvalue weighted by atomic mass is 16.5. The Morgan fingerprint density at radius 3 is 2.43 bits per heavy atom. The second-order valence-electron chi connectivity index (χ2n) is 6.39. The maximum absolute atomic E-state index is 11.7. The molecule has 132 valence electrons. The van der Waals surface area contributed by atoms with Gasteiger partial charge in [-0.2, -0.15) is 0 Å². The summed E-state index contributed by atoms with van der Waals surface area (Å²) in [5.41, 5.74) is 0. The van der Waals surface area contributed by atoms with E-state index >= 15 is 0 Å². The number of nitrogens with zero attached hydrogens (tertiary/aromatic N) is 1. The molecule has 0 aromatic rings. The van der Waals surface area contributed by atoms with Crippen LogP contribution in [0.3, 0.4) is 0 Å². The van der Waals surface area contributed by atoms with Crippen molar-refractivity contribution in [2.75, 3.05) is 45.9 Å². The summed E-state index contributed by atoms with van der Waals surface area (Å²) in [4.78, 5) is 25.7. The van der Waals surface area contributed by atoms with Crippen LogP contribution >= 0.6 is 0 Å². The molecule has 1 atom stereocenters. The van der Waals surface area contributed by atoms with Crippen molar-refractivity contribution in [2.24, 2.45) is 5.92 Å². The van der Waals surface area contributed by atoms with Crippen molar-refractivity contribution in [1.29, 1.82) is 0 Å². The molecule has 2 amide bonds. The molecule has 1 heterocycles. The van der Waals surface area contributed by atoms with E-state index in [1.807, 2.05) is 0 Å². The topological polar surface area (TPSA) is 90.9 Å². The quantitative estimate of drug-likeness (QED) is 0.572. The molecule has 0 aromatic heterocycles. The maximum atomic E-state index is 11.7. The number of aliphatic hydroxyl groups excluding tert-OH is 1. The minimum atomic E-state index is -0.665. The van der Waals surface area contributed by atoms with E-state index in [2.05, 4.69) is 15.5 Å². The molecular formula is C16H29N3O4. The molecule has 0 radical (unpaired) electrons. The predicted octanol–water partition coefficient (Wildman–Crippen LogP) is -0.508. The lowest BCUT2D eigenvalue weighted by molar-refractivity contribution is -0.139. The minimum absolute atomic E-state index is 0.153. The fraction of sp³-hybridized carbons (Fsp3) is 0.875. The first kappa shape index (κ1) is 18.2. The highest BCUT2D eigenvalue weighted by Gasteiger charge is 2.23. The van der Waals surface area contributed by atoms with Crippen LogP contribution in [0.4, 0.5) is 0 Å². The summed E-state index contributed by atoms with van der Waals surface area (Å²) in [5, 5.41) is 15.2. The lowest BCUT2D eigenvalue weighted by atomic mass is 9.85. The van der Waals surface area contributed by atoms with E-state index in [9.17, 15) is 14.7 Å². The van der Waals surface area contributed by atoms with Gasteiger partial charge in [0.05, 0.1) is 19.3 Å². The molecule has 2 rings (SSSR count). The summed E-state index contributed by atoms with van der Waals surface area (Å²) in [7, 11) is 0. The first-order valence-corrected chi connectivity index (χ1v) is 8.71. The molecule has 1 unspecified atom stereocenters. The summed E-state index contributed by atoms with van der Waals surface area (Å²) in [5.74, 6) is -1.05. The van der Waals surface area contributed by atoms with Gasteiger partial charge in [-0.15, -0.1) is 0 Å². The summed E-state index contributed by atoms with van der Waals surface area (Å²) >= 11 is 0. The van der Waals surface area contributed by atoms with E-state index in [-0.39, 0.29) is 12.5 Å². The van der Waals surface area contributed by atoms with Crippen molar-refractivity contribution in [2.45, 2.75) is 38.2 Å². The van der Waals surface area contributed by atoms with Crippen molar-refractivity contribution in [3.63, 3.8) is 0 Å². The second-order valence-corrected chi connectivity index (χ2v) is 6.39. The van der Waals surface area contributed by atoms with Crippen molar-refractivity contribution in [3.8, 4) is 0 Å². The van der Waals surface area contributed by atoms with E-state index in [4.69, 9.17) is 4.74 Å². The molecule has 2 aliphatic rings. The number of hydrogen-bond acceptors (Lipinski definition) is 5. The highest BCUT2D eigenvalue weighted by molar-refractivity contribution is 6.35. The van der Waals surface area contributed by atoms with Gasteiger partial charge in [0, 0.05) is 32.7 Å². The Morgan fingerprint density at radius 1 is 1.09 bits per heavy atom. The van der Waals surface area contributed by atoms with Gasteiger partial charge in [-0.05, 0) is 18.8 Å². The number of hydrogen-bond donors (Lipinski definition) is 3. The third-order valence-electron chi connectivity index (χ3n) is 4.69. The molecule has 3 N–H and O–H groups in total. The van der Waals surface area contributed by atoms with Crippen molar-refractivity contribution < 1.29 is 19.4 Å². The van der Waals surface area contributed by atoms with Gasteiger partial charge in [0.1, 0.15) is 0 Å². The standard InChI is InChI=1S/C16H29N3O4/c20-14(13-4-2-1-3-5-13)12-18-16(22)15(21)17-6-7-19-8-10-23-11-9-19/h13-14,20H,1-12H2,(H,17,21)(H,18,22). The van der Waals surface area contributed by atoms with Gasteiger partial charge in [0.2, 0.25) is 0 Å². The van der Waals surface area contributed by atoms with Gasteiger partial charge < -0.3 is 20.5 Å². The molecule has 1 saturated heterocycles. The van der Waals surface area contributed by atoms with Gasteiger partial charge in [0.25, 0.3) is 0 Å². The van der Waals surface area contributed by atoms with Crippen LogP contribution < -0.4 is 10.6 Å². The molecule has 1 aliphatic carbocycles. The summed E-state index contributed by atoms with van der Waals surface area (Å²) in [6.07, 6.45) is 4.95. The lowest BCUT2D eigenvalue weighted by Gasteiger charge is -2.27. The Bertz CT molecular complexity index is 380. The van der Waals surface area contributed by atoms with Gasteiger partial charge in [0.15, 0.2) is 0 Å². The molecule has 1 saturated carbocycles. The highest BCUT2D eigenvalue weighted by Crippen LogP contribution is 2.26. The normalized spacial score (nSPS) is 21.6. The largest absolute Gasteiger partial charge is 0.391 e. The number of nitrogens with one attached hydrogen (secondary N) is 2. The molecule has 2 fully saturated rings.